The van der Waals surface area contributed by atoms with Gasteiger partial charge in [-0.15, -0.1) is 0 Å². The van der Waals surface area contributed by atoms with Crippen molar-refractivity contribution in [3.63, 3.8) is 0 Å². The molecule has 1 saturated heterocycles. The highest BCUT2D eigenvalue weighted by Gasteiger charge is 2.50. The Balaban J connectivity index is 2.66. The lowest BCUT2D eigenvalue weighted by atomic mass is 9.98. The maximum Gasteiger partial charge on any atom is 0.335 e. The van der Waals surface area contributed by atoms with Crippen molar-refractivity contribution in [3.05, 3.63) is 97.2 Å². The Morgan fingerprint density at radius 2 is 0.741 bits per heavy atom. The minimum absolute atomic E-state index is 0.0411. The minimum Gasteiger partial charge on any atom is -0.479 e. The second kappa shape index (κ2) is 59.9. The molecule has 486 valence electrons. The lowest BCUT2D eigenvalue weighted by Crippen LogP contribution is -2.61. The molecule has 0 aliphatic carbocycles. The SMILES string of the molecule is CC/C=C\C/C=C\C/C=C\CCCCCCCCCC(=O)OC(COC(=O)CCCCCCCCCCC/C=C\C/C=C\CCCCC)COC1OC(C(=O)O)C(O)C(O)C1OC(=O)CCCCCCCC/C=C\C/C=C\C/C=C\CCCCC. The van der Waals surface area contributed by atoms with Crippen LogP contribution in [0.25, 0.3) is 0 Å². The summed E-state index contributed by atoms with van der Waals surface area (Å²) in [6.07, 6.45) is 67.8. The second-order valence-corrected chi connectivity index (χ2v) is 23.1. The molecule has 1 aliphatic heterocycles. The molecule has 6 atom stereocenters. The largest absolute Gasteiger partial charge is 0.479 e. The van der Waals surface area contributed by atoms with E-state index in [9.17, 15) is 34.5 Å². The van der Waals surface area contributed by atoms with E-state index in [1.807, 2.05) is 0 Å². The number of esters is 3. The lowest BCUT2D eigenvalue weighted by Gasteiger charge is -2.40. The molecular formula is C73H122O12. The van der Waals surface area contributed by atoms with Gasteiger partial charge in [-0.3, -0.25) is 14.4 Å². The highest BCUT2D eigenvalue weighted by Crippen LogP contribution is 2.27. The zero-order valence-electron chi connectivity index (χ0n) is 53.8. The van der Waals surface area contributed by atoms with E-state index >= 15 is 0 Å². The van der Waals surface area contributed by atoms with Gasteiger partial charge in [0.25, 0.3) is 0 Å². The van der Waals surface area contributed by atoms with Gasteiger partial charge in [0.1, 0.15) is 18.8 Å². The Labute approximate surface area is 517 Å². The van der Waals surface area contributed by atoms with Crippen LogP contribution in [0.15, 0.2) is 97.2 Å². The predicted molar refractivity (Wildman–Crippen MR) is 349 cm³/mol. The Bertz CT molecular complexity index is 1840. The van der Waals surface area contributed by atoms with Crippen LogP contribution < -0.4 is 0 Å². The van der Waals surface area contributed by atoms with Gasteiger partial charge in [-0.2, -0.15) is 0 Å². The fourth-order valence-corrected chi connectivity index (χ4v) is 9.89. The van der Waals surface area contributed by atoms with Gasteiger partial charge in [0.2, 0.25) is 0 Å². The number of hydrogen-bond donors (Lipinski definition) is 3. The number of aliphatic hydroxyl groups is 2. The van der Waals surface area contributed by atoms with Crippen molar-refractivity contribution in [2.75, 3.05) is 13.2 Å². The average Bonchev–Trinajstić information content (AvgIpc) is 3.53. The van der Waals surface area contributed by atoms with Crippen molar-refractivity contribution in [3.8, 4) is 0 Å². The summed E-state index contributed by atoms with van der Waals surface area (Å²) in [6, 6.07) is 0. The summed E-state index contributed by atoms with van der Waals surface area (Å²) in [6.45, 7) is 5.85. The summed E-state index contributed by atoms with van der Waals surface area (Å²) in [5.41, 5.74) is 0. The molecule has 0 spiro atoms. The summed E-state index contributed by atoms with van der Waals surface area (Å²) in [4.78, 5) is 51.5. The van der Waals surface area contributed by atoms with E-state index in [1.165, 1.54) is 83.5 Å². The molecule has 0 amide bonds. The minimum atomic E-state index is -1.92. The third-order valence-corrected chi connectivity index (χ3v) is 15.1. The first-order chi connectivity index (χ1) is 41.6. The van der Waals surface area contributed by atoms with E-state index in [2.05, 4.69) is 118 Å². The number of aliphatic hydroxyl groups excluding tert-OH is 2. The topological polar surface area (TPSA) is 175 Å². The maximum atomic E-state index is 13.2. The van der Waals surface area contributed by atoms with Gasteiger partial charge in [-0.05, 0) is 122 Å². The van der Waals surface area contributed by atoms with E-state index < -0.39 is 67.3 Å². The summed E-state index contributed by atoms with van der Waals surface area (Å²) < 4.78 is 28.6. The van der Waals surface area contributed by atoms with Gasteiger partial charge in [0.15, 0.2) is 24.6 Å². The number of aliphatic carboxylic acids is 1. The lowest BCUT2D eigenvalue weighted by molar-refractivity contribution is -0.301. The molecule has 0 aromatic carbocycles. The average molecular weight is 1190 g/mol. The highest BCUT2D eigenvalue weighted by atomic mass is 16.7. The van der Waals surface area contributed by atoms with Crippen LogP contribution in [0.1, 0.15) is 290 Å². The molecule has 0 bridgehead atoms. The van der Waals surface area contributed by atoms with E-state index in [-0.39, 0.29) is 25.9 Å². The standard InChI is InChI=1S/C73H122O12/c1-4-7-10-13-16-19-22-25-28-31-33-36-38-41-44-47-50-53-56-59-65(74)81-62-64(83-66(75)60-57-54-51-48-45-42-39-35-30-27-24-21-18-15-12-9-6-3)63-82-73-71(69(78)68(77)70(85-73)72(79)80)84-67(76)61-58-55-52-49-46-43-40-37-34-32-29-26-23-20-17-14-11-8-5-2/h9,12,16-21,25-30,34,37,64,68-71,73,77-78H,4-8,10-11,13-15,22-24,31-33,35-36,38-63H2,1-3H3,(H,79,80)/b12-9-,19-16-,20-17-,21-18-,28-25-,29-26-,30-27-,37-34-. The van der Waals surface area contributed by atoms with Gasteiger partial charge >= 0.3 is 23.9 Å². The summed E-state index contributed by atoms with van der Waals surface area (Å²) in [7, 11) is 0. The molecule has 6 unspecified atom stereocenters. The predicted octanol–water partition coefficient (Wildman–Crippen LogP) is 18.8. The normalized spacial score (nSPS) is 18.1. The monoisotopic (exact) mass is 1190 g/mol. The smallest absolute Gasteiger partial charge is 0.335 e. The van der Waals surface area contributed by atoms with Crippen molar-refractivity contribution in [1.29, 1.82) is 0 Å². The van der Waals surface area contributed by atoms with Crippen LogP contribution in [0.5, 0.6) is 0 Å². The van der Waals surface area contributed by atoms with Gasteiger partial charge in [-0.1, -0.05) is 246 Å². The molecule has 3 N–H and O–H groups in total. The third-order valence-electron chi connectivity index (χ3n) is 15.1. The van der Waals surface area contributed by atoms with Crippen molar-refractivity contribution < 1.29 is 58.2 Å². The Kier molecular flexibility index (Phi) is 55.5. The molecule has 12 nitrogen and oxygen atoms in total. The van der Waals surface area contributed by atoms with Gasteiger partial charge < -0.3 is 39.0 Å². The number of unbranched alkanes of at least 4 members (excludes halogenated alkanes) is 28. The molecule has 1 heterocycles. The summed E-state index contributed by atoms with van der Waals surface area (Å²) in [5.74, 6) is -3.15. The van der Waals surface area contributed by atoms with E-state index in [4.69, 9.17) is 23.7 Å². The van der Waals surface area contributed by atoms with Crippen LogP contribution in [0.3, 0.4) is 0 Å². The first kappa shape index (κ1) is 78.7. The Morgan fingerprint density at radius 3 is 1.13 bits per heavy atom. The number of allylic oxidation sites excluding steroid dienone is 16. The first-order valence-electron chi connectivity index (χ1n) is 34.2. The van der Waals surface area contributed by atoms with Crippen LogP contribution in [0.4, 0.5) is 0 Å². The first-order valence-corrected chi connectivity index (χ1v) is 34.2. The Hall–Kier alpha value is -4.36. The zero-order valence-corrected chi connectivity index (χ0v) is 53.8. The molecule has 12 heteroatoms. The van der Waals surface area contributed by atoms with Crippen molar-refractivity contribution in [2.24, 2.45) is 0 Å². The molecule has 0 saturated carbocycles. The summed E-state index contributed by atoms with van der Waals surface area (Å²) in [5, 5.41) is 31.7. The second-order valence-electron chi connectivity index (χ2n) is 23.1. The van der Waals surface area contributed by atoms with Gasteiger partial charge in [0, 0.05) is 19.3 Å². The molecule has 85 heavy (non-hydrogen) atoms. The van der Waals surface area contributed by atoms with Gasteiger partial charge in [0.05, 0.1) is 6.61 Å². The summed E-state index contributed by atoms with van der Waals surface area (Å²) >= 11 is 0. The van der Waals surface area contributed by atoms with Crippen LogP contribution >= 0.6 is 0 Å². The third kappa shape index (κ3) is 49.3. The number of rotatable bonds is 58. The van der Waals surface area contributed by atoms with Crippen molar-refractivity contribution >= 4 is 23.9 Å². The van der Waals surface area contributed by atoms with Crippen molar-refractivity contribution in [1.82, 2.24) is 0 Å². The number of ether oxygens (including phenoxy) is 5. The van der Waals surface area contributed by atoms with E-state index in [0.29, 0.717) is 19.3 Å². The van der Waals surface area contributed by atoms with Crippen LogP contribution in [0, 0.1) is 0 Å². The fourth-order valence-electron chi connectivity index (χ4n) is 9.89. The van der Waals surface area contributed by atoms with Crippen LogP contribution in [-0.2, 0) is 42.9 Å². The zero-order chi connectivity index (χ0) is 61.7. The number of carbonyl (C=O) groups excluding carboxylic acids is 3. The molecular weight excluding hydrogens is 1070 g/mol. The van der Waals surface area contributed by atoms with Gasteiger partial charge in [-0.25, -0.2) is 4.79 Å². The van der Waals surface area contributed by atoms with E-state index in [0.717, 1.165) is 148 Å². The fraction of sp³-hybridized carbons (Fsp3) is 0.726. The number of carboxylic acids is 1. The molecule has 1 rings (SSSR count). The number of hydrogen-bond acceptors (Lipinski definition) is 11. The molecule has 0 radical (unpaired) electrons. The Morgan fingerprint density at radius 1 is 0.400 bits per heavy atom. The maximum absolute atomic E-state index is 13.2. The number of carboxylic acid groups (broad SMARTS) is 1. The number of carbonyl (C=O) groups is 4. The molecule has 1 aliphatic rings. The van der Waals surface area contributed by atoms with E-state index in [1.54, 1.807) is 0 Å². The highest BCUT2D eigenvalue weighted by molar-refractivity contribution is 5.74. The van der Waals surface area contributed by atoms with Crippen LogP contribution in [0.2, 0.25) is 0 Å². The van der Waals surface area contributed by atoms with Crippen LogP contribution in [-0.4, -0.2) is 89.2 Å². The molecule has 0 aromatic heterocycles. The quantitative estimate of drug-likeness (QED) is 0.0228. The van der Waals surface area contributed by atoms with Crippen molar-refractivity contribution in [2.45, 2.75) is 327 Å². The molecule has 0 aromatic rings. The molecule has 1 fully saturated rings.